The number of imidazole rings is 1. The fourth-order valence-electron chi connectivity index (χ4n) is 7.40. The molecule has 0 bridgehead atoms. The summed E-state index contributed by atoms with van der Waals surface area (Å²) in [6.45, 7) is 0. The summed E-state index contributed by atoms with van der Waals surface area (Å²) in [7, 11) is 0. The lowest BCUT2D eigenvalue weighted by molar-refractivity contribution is 1.11. The number of rotatable bonds is 3. The van der Waals surface area contributed by atoms with Crippen LogP contribution in [0, 0.1) is 0 Å². The molecule has 47 heavy (non-hydrogen) atoms. The van der Waals surface area contributed by atoms with Gasteiger partial charge in [-0.3, -0.25) is 4.40 Å². The van der Waals surface area contributed by atoms with Crippen molar-refractivity contribution in [3.63, 3.8) is 0 Å². The second-order valence-electron chi connectivity index (χ2n) is 12.3. The Hall–Kier alpha value is -6.32. The van der Waals surface area contributed by atoms with Gasteiger partial charge >= 0.3 is 0 Å². The highest BCUT2D eigenvalue weighted by Gasteiger charge is 2.13. The Morgan fingerprint density at radius 2 is 0.936 bits per heavy atom. The minimum atomic E-state index is 0.707. The van der Waals surface area contributed by atoms with Crippen molar-refractivity contribution in [1.82, 2.24) is 14.4 Å². The monoisotopic (exact) mass is 597 g/mol. The lowest BCUT2D eigenvalue weighted by Crippen LogP contribution is -1.87. The van der Waals surface area contributed by atoms with Gasteiger partial charge in [-0.05, 0) is 88.2 Å². The summed E-state index contributed by atoms with van der Waals surface area (Å²) in [6.07, 6.45) is 5.76. The average molecular weight is 598 g/mol. The van der Waals surface area contributed by atoms with E-state index >= 15 is 0 Å². The van der Waals surface area contributed by atoms with Gasteiger partial charge in [0.15, 0.2) is 0 Å². The highest BCUT2D eigenvalue weighted by Crippen LogP contribution is 2.41. The molecule has 0 amide bonds. The van der Waals surface area contributed by atoms with Crippen LogP contribution in [-0.4, -0.2) is 14.4 Å². The molecule has 10 aromatic rings. The molecule has 0 aliphatic carbocycles. The molecular weight excluding hydrogens is 571 g/mol. The summed E-state index contributed by atoms with van der Waals surface area (Å²) < 4.78 is 1.95. The number of hydrogen-bond acceptors (Lipinski definition) is 2. The molecular formula is C44H27N3. The summed E-state index contributed by atoms with van der Waals surface area (Å²) in [5.74, 6) is 0.707. The van der Waals surface area contributed by atoms with E-state index in [1.807, 2.05) is 22.9 Å². The van der Waals surface area contributed by atoms with E-state index in [9.17, 15) is 0 Å². The fourth-order valence-corrected chi connectivity index (χ4v) is 7.40. The smallest absolute Gasteiger partial charge is 0.234 e. The molecule has 0 radical (unpaired) electrons. The molecule has 0 fully saturated rings. The summed E-state index contributed by atoms with van der Waals surface area (Å²) in [6, 6.07) is 53.3. The minimum Gasteiger partial charge on any atom is -0.291 e. The normalized spacial score (nSPS) is 11.8. The first-order valence-corrected chi connectivity index (χ1v) is 16.0. The number of benzene rings is 7. The maximum atomic E-state index is 4.67. The Morgan fingerprint density at radius 3 is 1.57 bits per heavy atom. The topological polar surface area (TPSA) is 30.2 Å². The molecule has 0 unspecified atom stereocenters. The molecule has 0 N–H and O–H groups in total. The van der Waals surface area contributed by atoms with Gasteiger partial charge in [0.1, 0.15) is 0 Å². The molecule has 3 heteroatoms. The molecule has 2 aromatic heterocycles. The Bertz CT molecular complexity index is 2790. The number of aromatic nitrogens is 3. The van der Waals surface area contributed by atoms with Crippen molar-refractivity contribution in [3.8, 4) is 33.5 Å². The largest absolute Gasteiger partial charge is 0.291 e. The number of hydrogen-bond donors (Lipinski definition) is 0. The highest BCUT2D eigenvalue weighted by atomic mass is 15.1. The average Bonchev–Trinajstić information content (AvgIpc) is 3.58. The van der Waals surface area contributed by atoms with E-state index in [0.29, 0.717) is 5.78 Å². The van der Waals surface area contributed by atoms with Crippen LogP contribution in [0.3, 0.4) is 0 Å². The standard InChI is InChI=1S/C44H27N3/c1-2-9-36-35(8-1)38-10-3-6-32-20-21-33-7-4-11-39(43(33)42(32)38)37-23-22-34(26-40(36)37)30-14-12-28(13-15-30)29-16-18-31(19-17-29)41-27-47-25-5-24-45-44(47)46-41/h1-27H. The molecule has 2 heterocycles. The van der Waals surface area contributed by atoms with E-state index in [-0.39, 0.29) is 0 Å². The van der Waals surface area contributed by atoms with E-state index in [1.54, 1.807) is 6.20 Å². The number of nitrogens with zero attached hydrogens (tertiary/aromatic N) is 3. The van der Waals surface area contributed by atoms with Crippen molar-refractivity contribution < 1.29 is 0 Å². The van der Waals surface area contributed by atoms with Crippen molar-refractivity contribution in [2.45, 2.75) is 0 Å². The maximum absolute atomic E-state index is 4.67. The fraction of sp³-hybridized carbons (Fsp3) is 0. The van der Waals surface area contributed by atoms with Crippen LogP contribution in [0.15, 0.2) is 164 Å². The zero-order chi connectivity index (χ0) is 30.9. The van der Waals surface area contributed by atoms with Crippen LogP contribution in [0.4, 0.5) is 0 Å². The van der Waals surface area contributed by atoms with Gasteiger partial charge in [-0.25, -0.2) is 9.97 Å². The van der Waals surface area contributed by atoms with Crippen molar-refractivity contribution in [2.24, 2.45) is 0 Å². The predicted molar refractivity (Wildman–Crippen MR) is 197 cm³/mol. The lowest BCUT2D eigenvalue weighted by Gasteiger charge is -2.14. The SMILES string of the molecule is c1ccc2c(c1)c1cc(-c3ccc(-c4ccc(-c5cn6cccnc6n5)cc4)cc3)ccc1c1cccc3ccc4cccc2c4c31. The van der Waals surface area contributed by atoms with Crippen LogP contribution in [-0.2, 0) is 0 Å². The minimum absolute atomic E-state index is 0.707. The van der Waals surface area contributed by atoms with Crippen LogP contribution in [0.5, 0.6) is 0 Å². The van der Waals surface area contributed by atoms with Gasteiger partial charge in [-0.2, -0.15) is 0 Å². The van der Waals surface area contributed by atoms with Crippen LogP contribution < -0.4 is 0 Å². The van der Waals surface area contributed by atoms with Gasteiger partial charge in [-0.1, -0.05) is 133 Å². The Morgan fingerprint density at radius 1 is 0.404 bits per heavy atom. The first-order chi connectivity index (χ1) is 23.3. The van der Waals surface area contributed by atoms with Crippen LogP contribution in [0.1, 0.15) is 0 Å². The molecule has 8 aromatic carbocycles. The third kappa shape index (κ3) is 4.07. The Balaban J connectivity index is 1.10. The lowest BCUT2D eigenvalue weighted by atomic mass is 9.89. The van der Waals surface area contributed by atoms with Gasteiger partial charge < -0.3 is 0 Å². The second-order valence-corrected chi connectivity index (χ2v) is 12.3. The van der Waals surface area contributed by atoms with Crippen LogP contribution in [0.2, 0.25) is 0 Å². The van der Waals surface area contributed by atoms with Crippen LogP contribution >= 0.6 is 0 Å². The van der Waals surface area contributed by atoms with Gasteiger partial charge in [0.25, 0.3) is 0 Å². The Labute approximate surface area is 271 Å². The van der Waals surface area contributed by atoms with Crippen LogP contribution in [0.25, 0.3) is 93.2 Å². The summed E-state index contributed by atoms with van der Waals surface area (Å²) in [4.78, 5) is 9.02. The molecule has 0 aliphatic heterocycles. The summed E-state index contributed by atoms with van der Waals surface area (Å²) in [5.41, 5.74) is 6.76. The first kappa shape index (κ1) is 26.0. The van der Waals surface area contributed by atoms with Gasteiger partial charge in [0.05, 0.1) is 5.69 Å². The molecule has 0 saturated carbocycles. The van der Waals surface area contributed by atoms with E-state index < -0.39 is 0 Å². The summed E-state index contributed by atoms with van der Waals surface area (Å²) >= 11 is 0. The first-order valence-electron chi connectivity index (χ1n) is 16.0. The third-order valence-corrected chi connectivity index (χ3v) is 9.67. The Kier molecular flexibility index (Phi) is 5.57. The zero-order valence-electron chi connectivity index (χ0n) is 25.4. The van der Waals surface area contributed by atoms with Gasteiger partial charge in [0, 0.05) is 24.2 Å². The summed E-state index contributed by atoms with van der Waals surface area (Å²) in [5, 5.41) is 12.9. The van der Waals surface area contributed by atoms with Gasteiger partial charge in [0.2, 0.25) is 5.78 Å². The molecule has 0 aliphatic rings. The number of fused-ring (bicyclic) bond motifs is 6. The van der Waals surface area contributed by atoms with Gasteiger partial charge in [-0.15, -0.1) is 0 Å². The highest BCUT2D eigenvalue weighted by molar-refractivity contribution is 6.32. The van der Waals surface area contributed by atoms with Crippen molar-refractivity contribution in [2.75, 3.05) is 0 Å². The predicted octanol–water partition coefficient (Wildman–Crippen LogP) is 11.5. The molecule has 3 nitrogen and oxygen atoms in total. The van der Waals surface area contributed by atoms with Crippen molar-refractivity contribution in [1.29, 1.82) is 0 Å². The van der Waals surface area contributed by atoms with E-state index in [4.69, 9.17) is 0 Å². The second kappa shape index (κ2) is 10.1. The maximum Gasteiger partial charge on any atom is 0.234 e. The van der Waals surface area contributed by atoms with E-state index in [0.717, 1.165) is 11.3 Å². The third-order valence-electron chi connectivity index (χ3n) is 9.67. The molecule has 10 rings (SSSR count). The van der Waals surface area contributed by atoms with Crippen molar-refractivity contribution in [3.05, 3.63) is 164 Å². The zero-order valence-corrected chi connectivity index (χ0v) is 25.4. The molecule has 218 valence electrons. The molecule has 0 spiro atoms. The quantitative estimate of drug-likeness (QED) is 0.190. The van der Waals surface area contributed by atoms with Crippen molar-refractivity contribution >= 4 is 59.6 Å². The molecule has 0 saturated heterocycles. The van der Waals surface area contributed by atoms with E-state index in [2.05, 4.69) is 149 Å². The molecule has 0 atom stereocenters. The van der Waals surface area contributed by atoms with E-state index in [1.165, 1.54) is 76.1 Å².